The summed E-state index contributed by atoms with van der Waals surface area (Å²) in [5.74, 6) is 0.00685. The second-order valence-corrected chi connectivity index (χ2v) is 6.51. The first-order chi connectivity index (χ1) is 9.82. The Morgan fingerprint density at radius 3 is 2.62 bits per heavy atom. The first-order valence-corrected chi connectivity index (χ1v) is 7.42. The van der Waals surface area contributed by atoms with Crippen LogP contribution >= 0.6 is 0 Å². The van der Waals surface area contributed by atoms with Gasteiger partial charge >= 0.3 is 0 Å². The van der Waals surface area contributed by atoms with E-state index in [2.05, 4.69) is 39.0 Å². The normalized spacial score (nSPS) is 14.7. The van der Waals surface area contributed by atoms with Gasteiger partial charge in [-0.2, -0.15) is 5.26 Å². The van der Waals surface area contributed by atoms with Crippen molar-refractivity contribution < 1.29 is 4.79 Å². The molecule has 0 heterocycles. The number of hydrogen-bond donors (Lipinski definition) is 0. The monoisotopic (exact) mass is 283 g/mol. The third-order valence-electron chi connectivity index (χ3n) is 4.02. The van der Waals surface area contributed by atoms with E-state index in [1.54, 1.807) is 0 Å². The Morgan fingerprint density at radius 1 is 1.43 bits per heavy atom. The molecule has 112 valence electrons. The third kappa shape index (κ3) is 4.56. The maximum atomic E-state index is 11.1. The fourth-order valence-electron chi connectivity index (χ4n) is 2.63. The molecule has 0 N–H and O–H groups in total. The van der Waals surface area contributed by atoms with E-state index in [0.717, 1.165) is 35.8 Å². The maximum absolute atomic E-state index is 11.1. The zero-order valence-corrected chi connectivity index (χ0v) is 13.7. The minimum atomic E-state index is -0.128. The number of allylic oxidation sites excluding steroid dienone is 2. The molecule has 0 aliphatic rings. The van der Waals surface area contributed by atoms with E-state index in [1.165, 1.54) is 5.57 Å². The molecule has 2 heteroatoms. The van der Waals surface area contributed by atoms with E-state index in [0.29, 0.717) is 0 Å². The molecule has 0 saturated carbocycles. The van der Waals surface area contributed by atoms with Crippen LogP contribution < -0.4 is 0 Å². The zero-order valence-electron chi connectivity index (χ0n) is 13.7. The van der Waals surface area contributed by atoms with Gasteiger partial charge < -0.3 is 4.79 Å². The van der Waals surface area contributed by atoms with Gasteiger partial charge in [0.15, 0.2) is 0 Å². The predicted octanol–water partition coefficient (Wildman–Crippen LogP) is 4.71. The average Bonchev–Trinajstić information content (AvgIpc) is 2.45. The lowest BCUT2D eigenvalue weighted by Crippen LogP contribution is -2.25. The van der Waals surface area contributed by atoms with Crippen LogP contribution in [0, 0.1) is 24.2 Å². The van der Waals surface area contributed by atoms with Gasteiger partial charge in [-0.1, -0.05) is 37.6 Å². The number of carbonyl (C=O) groups is 1. The highest BCUT2D eigenvalue weighted by molar-refractivity contribution is 5.53. The lowest BCUT2D eigenvalue weighted by atomic mass is 9.72. The Balaban J connectivity index is 3.25. The minimum absolute atomic E-state index is 0.00685. The molecule has 0 radical (unpaired) electrons. The van der Waals surface area contributed by atoms with Crippen LogP contribution in [0.5, 0.6) is 0 Å². The van der Waals surface area contributed by atoms with Gasteiger partial charge in [0.05, 0.1) is 11.6 Å². The molecule has 2 atom stereocenters. The van der Waals surface area contributed by atoms with Crippen molar-refractivity contribution in [1.82, 2.24) is 0 Å². The number of aldehydes is 1. The van der Waals surface area contributed by atoms with Crippen molar-refractivity contribution in [2.75, 3.05) is 0 Å². The molecule has 1 aromatic carbocycles. The van der Waals surface area contributed by atoms with Crippen molar-refractivity contribution in [1.29, 1.82) is 5.26 Å². The molecule has 0 bridgehead atoms. The zero-order chi connectivity index (χ0) is 16.0. The number of rotatable bonds is 6. The number of benzene rings is 1. The van der Waals surface area contributed by atoms with Gasteiger partial charge in [-0.15, -0.1) is 0 Å². The highest BCUT2D eigenvalue weighted by Crippen LogP contribution is 2.35. The maximum Gasteiger partial charge on any atom is 0.122 e. The van der Waals surface area contributed by atoms with Crippen LogP contribution in [-0.4, -0.2) is 6.29 Å². The van der Waals surface area contributed by atoms with Gasteiger partial charge in [0, 0.05) is 5.92 Å². The van der Waals surface area contributed by atoms with Crippen LogP contribution in [0.3, 0.4) is 0 Å². The van der Waals surface area contributed by atoms with Crippen LogP contribution in [0.15, 0.2) is 29.8 Å². The minimum Gasteiger partial charge on any atom is -0.303 e. The Hall–Kier alpha value is -1.88. The quantitative estimate of drug-likeness (QED) is 0.560. The summed E-state index contributed by atoms with van der Waals surface area (Å²) in [7, 11) is 0. The highest BCUT2D eigenvalue weighted by Gasteiger charge is 2.28. The Bertz CT molecular complexity index is 576. The van der Waals surface area contributed by atoms with Crippen LogP contribution in [0.2, 0.25) is 0 Å². The van der Waals surface area contributed by atoms with Crippen molar-refractivity contribution in [3.8, 4) is 6.07 Å². The van der Waals surface area contributed by atoms with Crippen LogP contribution in [0.1, 0.15) is 57.2 Å². The first kappa shape index (κ1) is 17.2. The van der Waals surface area contributed by atoms with Crippen molar-refractivity contribution in [3.63, 3.8) is 0 Å². The summed E-state index contributed by atoms with van der Waals surface area (Å²) in [5, 5.41) is 9.24. The average molecular weight is 283 g/mol. The molecule has 0 spiro atoms. The standard InChI is InChI=1S/C19H25NO/c1-14(2)8-9-19(5,11-15(3)13-21)18-7-6-16(4)17(10-18)12-20/h6-8,10,13,15H,9,11H2,1-5H3. The number of aryl methyl sites for hydroxylation is 1. The SMILES string of the molecule is CC(C)=CCC(C)(CC(C)C=O)c1ccc(C)c(C#N)c1. The fourth-order valence-corrected chi connectivity index (χ4v) is 2.63. The molecular formula is C19H25NO. The lowest BCUT2D eigenvalue weighted by molar-refractivity contribution is -0.111. The Morgan fingerprint density at radius 2 is 2.10 bits per heavy atom. The van der Waals surface area contributed by atoms with Crippen LogP contribution in [0.4, 0.5) is 0 Å². The van der Waals surface area contributed by atoms with Gasteiger partial charge in [0.25, 0.3) is 0 Å². The molecule has 0 aromatic heterocycles. The molecule has 0 aliphatic heterocycles. The Labute approximate surface area is 128 Å². The molecule has 21 heavy (non-hydrogen) atoms. The van der Waals surface area contributed by atoms with Gasteiger partial charge in [0.2, 0.25) is 0 Å². The smallest absolute Gasteiger partial charge is 0.122 e. The van der Waals surface area contributed by atoms with E-state index in [9.17, 15) is 10.1 Å². The summed E-state index contributed by atoms with van der Waals surface area (Å²) in [4.78, 5) is 11.1. The Kier molecular flexibility index (Phi) is 5.90. The van der Waals surface area contributed by atoms with E-state index in [1.807, 2.05) is 26.0 Å². The second-order valence-electron chi connectivity index (χ2n) is 6.51. The number of hydrogen-bond acceptors (Lipinski definition) is 2. The van der Waals surface area contributed by atoms with E-state index < -0.39 is 0 Å². The van der Waals surface area contributed by atoms with Gasteiger partial charge in [-0.3, -0.25) is 0 Å². The van der Waals surface area contributed by atoms with Crippen molar-refractivity contribution in [2.24, 2.45) is 5.92 Å². The van der Waals surface area contributed by atoms with E-state index >= 15 is 0 Å². The number of nitrogens with zero attached hydrogens (tertiary/aromatic N) is 1. The third-order valence-corrected chi connectivity index (χ3v) is 4.02. The van der Waals surface area contributed by atoms with Crippen LogP contribution in [0.25, 0.3) is 0 Å². The molecular weight excluding hydrogens is 258 g/mol. The van der Waals surface area contributed by atoms with Crippen molar-refractivity contribution in [3.05, 3.63) is 46.5 Å². The van der Waals surface area contributed by atoms with Crippen LogP contribution in [-0.2, 0) is 10.2 Å². The molecule has 2 unspecified atom stereocenters. The highest BCUT2D eigenvalue weighted by atomic mass is 16.1. The molecule has 1 aromatic rings. The first-order valence-electron chi connectivity index (χ1n) is 7.42. The number of nitriles is 1. The fraction of sp³-hybridized carbons (Fsp3) is 0.474. The van der Waals surface area contributed by atoms with E-state index in [4.69, 9.17) is 0 Å². The topological polar surface area (TPSA) is 40.9 Å². The van der Waals surface area contributed by atoms with Gasteiger partial charge in [-0.05, 0) is 56.2 Å². The summed E-state index contributed by atoms with van der Waals surface area (Å²) >= 11 is 0. The van der Waals surface area contributed by atoms with E-state index in [-0.39, 0.29) is 11.3 Å². The second kappa shape index (κ2) is 7.22. The van der Waals surface area contributed by atoms with Gasteiger partial charge in [-0.25, -0.2) is 0 Å². The largest absolute Gasteiger partial charge is 0.303 e. The summed E-state index contributed by atoms with van der Waals surface area (Å²) in [6.07, 6.45) is 4.89. The molecule has 0 fully saturated rings. The van der Waals surface area contributed by atoms with Crippen molar-refractivity contribution in [2.45, 2.75) is 52.9 Å². The predicted molar refractivity (Wildman–Crippen MR) is 87.1 cm³/mol. The summed E-state index contributed by atoms with van der Waals surface area (Å²) in [5.41, 5.74) is 3.99. The number of carbonyl (C=O) groups excluding carboxylic acids is 1. The molecule has 0 amide bonds. The molecule has 1 rings (SSSR count). The molecule has 0 saturated heterocycles. The molecule has 2 nitrogen and oxygen atoms in total. The summed E-state index contributed by atoms with van der Waals surface area (Å²) < 4.78 is 0. The summed E-state index contributed by atoms with van der Waals surface area (Å²) in [6.45, 7) is 10.2. The lowest BCUT2D eigenvalue weighted by Gasteiger charge is -2.31. The van der Waals surface area contributed by atoms with Crippen molar-refractivity contribution >= 4 is 6.29 Å². The summed E-state index contributed by atoms with van der Waals surface area (Å²) in [6, 6.07) is 8.32. The van der Waals surface area contributed by atoms with Gasteiger partial charge in [0.1, 0.15) is 6.29 Å². The molecule has 0 aliphatic carbocycles.